The SMILES string of the molecule is CC1(OC(=O)N2CCC(COc3cnc(N4CCN(S(=O)(=O)C5CCCC5)CC4)cn3)CC2)CC1. The summed E-state index contributed by atoms with van der Waals surface area (Å²) in [7, 11) is -3.18. The molecule has 0 unspecified atom stereocenters. The van der Waals surface area contributed by atoms with Gasteiger partial charge in [-0.05, 0) is 51.4 Å². The van der Waals surface area contributed by atoms with Gasteiger partial charge in [0.1, 0.15) is 11.4 Å². The lowest BCUT2D eigenvalue weighted by atomic mass is 9.98. The molecule has 0 N–H and O–H groups in total. The fourth-order valence-electron chi connectivity index (χ4n) is 5.15. The molecule has 2 aliphatic heterocycles. The van der Waals surface area contributed by atoms with Gasteiger partial charge in [-0.1, -0.05) is 12.8 Å². The second-order valence-electron chi connectivity index (χ2n) is 10.6. The van der Waals surface area contributed by atoms with Crippen molar-refractivity contribution in [2.24, 2.45) is 5.92 Å². The Morgan fingerprint density at radius 2 is 1.69 bits per heavy atom. The lowest BCUT2D eigenvalue weighted by molar-refractivity contribution is 0.0454. The Kier molecular flexibility index (Phi) is 7.07. The maximum Gasteiger partial charge on any atom is 0.410 e. The van der Waals surface area contributed by atoms with E-state index in [9.17, 15) is 13.2 Å². The quantitative estimate of drug-likeness (QED) is 0.555. The lowest BCUT2D eigenvalue weighted by Gasteiger charge is -2.35. The van der Waals surface area contributed by atoms with Crippen LogP contribution < -0.4 is 9.64 Å². The van der Waals surface area contributed by atoms with Crippen molar-refractivity contribution in [3.8, 4) is 5.88 Å². The molecule has 11 heteroatoms. The number of carbonyl (C=O) groups is 1. The van der Waals surface area contributed by atoms with E-state index in [1.54, 1.807) is 21.6 Å². The number of amides is 1. The predicted octanol–water partition coefficient (Wildman–Crippen LogP) is 2.65. The number of hydrogen-bond acceptors (Lipinski definition) is 8. The summed E-state index contributed by atoms with van der Waals surface area (Å²) < 4.78 is 38.7. The number of likely N-dealkylation sites (tertiary alicyclic amines) is 1. The molecule has 5 rings (SSSR count). The molecule has 4 aliphatic rings. The van der Waals surface area contributed by atoms with Crippen LogP contribution in [0.3, 0.4) is 0 Å². The van der Waals surface area contributed by atoms with Crippen LogP contribution in [0.15, 0.2) is 12.4 Å². The number of hydrogen-bond donors (Lipinski definition) is 0. The van der Waals surface area contributed by atoms with Crippen molar-refractivity contribution in [3.05, 3.63) is 12.4 Å². The number of sulfonamides is 1. The first kappa shape index (κ1) is 24.5. The van der Waals surface area contributed by atoms with Gasteiger partial charge in [-0.25, -0.2) is 23.2 Å². The molecule has 35 heavy (non-hydrogen) atoms. The standard InChI is InChI=1S/C24H37N5O5S/c1-24(8-9-24)34-23(30)28-10-6-19(7-11-28)18-33-22-17-25-21(16-26-22)27-12-14-29(15-13-27)35(31,32)20-4-2-3-5-20/h16-17,19-20H,2-15,18H2,1H3. The average molecular weight is 508 g/mol. The van der Waals surface area contributed by atoms with Crippen molar-refractivity contribution in [2.45, 2.75) is 69.1 Å². The van der Waals surface area contributed by atoms with Crippen LogP contribution in [-0.2, 0) is 14.8 Å². The Morgan fingerprint density at radius 3 is 2.29 bits per heavy atom. The van der Waals surface area contributed by atoms with E-state index in [1.807, 2.05) is 6.92 Å². The Balaban J connectivity index is 1.04. The number of ether oxygens (including phenoxy) is 2. The number of anilines is 1. The summed E-state index contributed by atoms with van der Waals surface area (Å²) in [4.78, 5) is 25.0. The maximum absolute atomic E-state index is 12.8. The van der Waals surface area contributed by atoms with Gasteiger partial charge in [0, 0.05) is 39.3 Å². The average Bonchev–Trinajstić information content (AvgIpc) is 3.33. The van der Waals surface area contributed by atoms with Gasteiger partial charge < -0.3 is 19.3 Å². The topological polar surface area (TPSA) is 105 Å². The number of piperidine rings is 1. The molecule has 4 fully saturated rings. The lowest BCUT2D eigenvalue weighted by Crippen LogP contribution is -2.51. The highest BCUT2D eigenvalue weighted by Crippen LogP contribution is 2.39. The van der Waals surface area contributed by atoms with Crippen LogP contribution in [0.2, 0.25) is 0 Å². The molecule has 0 aromatic carbocycles. The van der Waals surface area contributed by atoms with Crippen molar-refractivity contribution in [2.75, 3.05) is 50.8 Å². The van der Waals surface area contributed by atoms with Crippen LogP contribution in [0.25, 0.3) is 0 Å². The van der Waals surface area contributed by atoms with E-state index < -0.39 is 10.0 Å². The molecule has 1 aromatic rings. The van der Waals surface area contributed by atoms with E-state index in [1.165, 1.54) is 0 Å². The van der Waals surface area contributed by atoms with Crippen LogP contribution in [0, 0.1) is 5.92 Å². The first-order valence-corrected chi connectivity index (χ1v) is 14.5. The minimum absolute atomic E-state index is 0.192. The number of piperazine rings is 1. The molecule has 2 saturated heterocycles. The molecule has 2 aliphatic carbocycles. The van der Waals surface area contributed by atoms with E-state index >= 15 is 0 Å². The Labute approximate surface area is 208 Å². The van der Waals surface area contributed by atoms with Gasteiger partial charge in [-0.2, -0.15) is 4.31 Å². The number of nitrogens with zero attached hydrogens (tertiary/aromatic N) is 5. The number of rotatable bonds is 7. The smallest absolute Gasteiger partial charge is 0.410 e. The Bertz CT molecular complexity index is 978. The number of aromatic nitrogens is 2. The summed E-state index contributed by atoms with van der Waals surface area (Å²) in [6, 6.07) is 0. The van der Waals surface area contributed by atoms with E-state index in [2.05, 4.69) is 14.9 Å². The highest BCUT2D eigenvalue weighted by Gasteiger charge is 2.43. The van der Waals surface area contributed by atoms with Gasteiger partial charge in [0.2, 0.25) is 15.9 Å². The molecule has 0 spiro atoms. The van der Waals surface area contributed by atoms with Crippen LogP contribution in [0.5, 0.6) is 5.88 Å². The monoisotopic (exact) mass is 507 g/mol. The zero-order chi connectivity index (χ0) is 24.5. The highest BCUT2D eigenvalue weighted by molar-refractivity contribution is 7.89. The maximum atomic E-state index is 12.8. The van der Waals surface area contributed by atoms with E-state index in [0.717, 1.165) is 57.2 Å². The van der Waals surface area contributed by atoms with Crippen LogP contribution in [0.4, 0.5) is 10.6 Å². The van der Waals surface area contributed by atoms with Gasteiger partial charge in [0.15, 0.2) is 0 Å². The fourth-order valence-corrected chi connectivity index (χ4v) is 7.18. The number of carbonyl (C=O) groups excluding carboxylic acids is 1. The molecular weight excluding hydrogens is 470 g/mol. The summed E-state index contributed by atoms with van der Waals surface area (Å²) in [6.45, 7) is 6.12. The van der Waals surface area contributed by atoms with E-state index in [0.29, 0.717) is 57.7 Å². The summed E-state index contributed by atoms with van der Waals surface area (Å²) >= 11 is 0. The van der Waals surface area contributed by atoms with Crippen LogP contribution in [0.1, 0.15) is 58.3 Å². The second kappa shape index (κ2) is 10.1. The highest BCUT2D eigenvalue weighted by atomic mass is 32.2. The molecule has 2 saturated carbocycles. The third-order valence-electron chi connectivity index (χ3n) is 7.89. The second-order valence-corrected chi connectivity index (χ2v) is 12.8. The van der Waals surface area contributed by atoms with Gasteiger partial charge in [0.05, 0.1) is 24.3 Å². The fraction of sp³-hybridized carbons (Fsp3) is 0.792. The minimum atomic E-state index is -3.18. The molecule has 0 radical (unpaired) electrons. The predicted molar refractivity (Wildman–Crippen MR) is 131 cm³/mol. The van der Waals surface area contributed by atoms with Gasteiger partial charge in [0.25, 0.3) is 0 Å². The van der Waals surface area contributed by atoms with Crippen molar-refractivity contribution in [3.63, 3.8) is 0 Å². The largest absolute Gasteiger partial charge is 0.476 e. The molecule has 3 heterocycles. The third kappa shape index (κ3) is 5.82. The van der Waals surface area contributed by atoms with Crippen molar-refractivity contribution in [1.82, 2.24) is 19.2 Å². The molecule has 194 valence electrons. The summed E-state index contributed by atoms with van der Waals surface area (Å²) in [5, 5.41) is -0.197. The van der Waals surface area contributed by atoms with Crippen molar-refractivity contribution < 1.29 is 22.7 Å². The molecular formula is C24H37N5O5S. The zero-order valence-electron chi connectivity index (χ0n) is 20.6. The zero-order valence-corrected chi connectivity index (χ0v) is 21.4. The molecule has 1 aromatic heterocycles. The molecule has 0 bridgehead atoms. The summed E-state index contributed by atoms with van der Waals surface area (Å²) in [6.07, 6.45) is 10.4. The first-order valence-electron chi connectivity index (χ1n) is 13.0. The van der Waals surface area contributed by atoms with E-state index in [4.69, 9.17) is 9.47 Å². The van der Waals surface area contributed by atoms with Gasteiger partial charge >= 0.3 is 6.09 Å². The first-order chi connectivity index (χ1) is 16.8. The van der Waals surface area contributed by atoms with Crippen LogP contribution >= 0.6 is 0 Å². The van der Waals surface area contributed by atoms with Crippen molar-refractivity contribution in [1.29, 1.82) is 0 Å². The van der Waals surface area contributed by atoms with Gasteiger partial charge in [-0.15, -0.1) is 0 Å². The van der Waals surface area contributed by atoms with Crippen LogP contribution in [-0.4, -0.2) is 90.4 Å². The van der Waals surface area contributed by atoms with Gasteiger partial charge in [-0.3, -0.25) is 0 Å². The van der Waals surface area contributed by atoms with Crippen molar-refractivity contribution >= 4 is 21.9 Å². The summed E-state index contributed by atoms with van der Waals surface area (Å²) in [5.74, 6) is 1.60. The Morgan fingerprint density at radius 1 is 1.00 bits per heavy atom. The third-order valence-corrected chi connectivity index (χ3v) is 10.3. The summed E-state index contributed by atoms with van der Waals surface area (Å²) in [5.41, 5.74) is -0.234. The normalized spacial score (nSPS) is 23.9. The minimum Gasteiger partial charge on any atom is -0.476 e. The molecule has 10 nitrogen and oxygen atoms in total. The van der Waals surface area contributed by atoms with E-state index in [-0.39, 0.29) is 16.9 Å². The molecule has 1 amide bonds. The Hall–Kier alpha value is -2.14. The molecule has 0 atom stereocenters.